The lowest BCUT2D eigenvalue weighted by atomic mass is 10.2. The second-order valence-electron chi connectivity index (χ2n) is 3.77. The Morgan fingerprint density at radius 1 is 1.56 bits per heavy atom. The molecule has 4 nitrogen and oxygen atoms in total. The third-order valence-corrected chi connectivity index (χ3v) is 2.12. The van der Waals surface area contributed by atoms with Gasteiger partial charge in [0.2, 0.25) is 0 Å². The highest BCUT2D eigenvalue weighted by molar-refractivity contribution is 6.30. The van der Waals surface area contributed by atoms with Gasteiger partial charge in [-0.1, -0.05) is 23.4 Å². The van der Waals surface area contributed by atoms with Crippen molar-refractivity contribution in [2.45, 2.75) is 20.0 Å². The number of rotatable bonds is 2. The predicted octanol–water partition coefficient (Wildman–Crippen LogP) is 2.61. The first-order valence-electron chi connectivity index (χ1n) is 5.49. The van der Waals surface area contributed by atoms with E-state index in [4.69, 9.17) is 22.1 Å². The summed E-state index contributed by atoms with van der Waals surface area (Å²) >= 11 is 5.87. The standard InChI is InChI=1S/C13H15ClN2O2/c1-9(2)18-13(17)16-12-6-5-11(14)8-10(12)4-3-7-15/h5-6,8-9H,7,15H2,1-2H3,(H,16,17). The maximum Gasteiger partial charge on any atom is 0.411 e. The van der Waals surface area contributed by atoms with Crippen LogP contribution in [0.5, 0.6) is 0 Å². The van der Waals surface area contributed by atoms with Crippen molar-refractivity contribution >= 4 is 23.4 Å². The maximum absolute atomic E-state index is 11.5. The fraction of sp³-hybridized carbons (Fsp3) is 0.308. The molecule has 0 spiro atoms. The second kappa shape index (κ2) is 6.90. The van der Waals surface area contributed by atoms with Gasteiger partial charge in [0.1, 0.15) is 0 Å². The molecule has 0 heterocycles. The average molecular weight is 267 g/mol. The van der Waals surface area contributed by atoms with E-state index in [-0.39, 0.29) is 12.6 Å². The highest BCUT2D eigenvalue weighted by Gasteiger charge is 2.08. The summed E-state index contributed by atoms with van der Waals surface area (Å²) in [5.41, 5.74) is 6.47. The van der Waals surface area contributed by atoms with E-state index in [1.807, 2.05) is 0 Å². The van der Waals surface area contributed by atoms with Gasteiger partial charge < -0.3 is 10.5 Å². The molecule has 0 radical (unpaired) electrons. The molecule has 0 bridgehead atoms. The number of hydrogen-bond acceptors (Lipinski definition) is 3. The molecule has 0 aliphatic rings. The molecule has 1 aromatic rings. The van der Waals surface area contributed by atoms with Crippen LogP contribution >= 0.6 is 11.6 Å². The Bertz CT molecular complexity index is 489. The fourth-order valence-electron chi connectivity index (χ4n) is 1.23. The third kappa shape index (κ3) is 4.66. The predicted molar refractivity (Wildman–Crippen MR) is 72.6 cm³/mol. The summed E-state index contributed by atoms with van der Waals surface area (Å²) in [4.78, 5) is 11.5. The lowest BCUT2D eigenvalue weighted by molar-refractivity contribution is 0.130. The Hall–Kier alpha value is -1.70. The van der Waals surface area contributed by atoms with Crippen LogP contribution < -0.4 is 11.1 Å². The van der Waals surface area contributed by atoms with Gasteiger partial charge in [-0.3, -0.25) is 5.32 Å². The van der Waals surface area contributed by atoms with Crippen molar-refractivity contribution in [1.82, 2.24) is 0 Å². The molecule has 0 aromatic heterocycles. The largest absolute Gasteiger partial charge is 0.447 e. The van der Waals surface area contributed by atoms with E-state index in [0.717, 1.165) is 0 Å². The normalized spacial score (nSPS) is 9.61. The van der Waals surface area contributed by atoms with Crippen molar-refractivity contribution in [3.8, 4) is 11.8 Å². The van der Waals surface area contributed by atoms with Crippen LogP contribution in [-0.2, 0) is 4.74 Å². The zero-order chi connectivity index (χ0) is 13.5. The van der Waals surface area contributed by atoms with Crippen LogP contribution in [0.4, 0.5) is 10.5 Å². The van der Waals surface area contributed by atoms with Gasteiger partial charge in [-0.05, 0) is 32.0 Å². The van der Waals surface area contributed by atoms with Crippen molar-refractivity contribution in [3.05, 3.63) is 28.8 Å². The first kappa shape index (κ1) is 14.4. The number of hydrogen-bond donors (Lipinski definition) is 2. The highest BCUT2D eigenvalue weighted by Crippen LogP contribution is 2.20. The maximum atomic E-state index is 11.5. The monoisotopic (exact) mass is 266 g/mol. The number of nitrogens with one attached hydrogen (secondary N) is 1. The zero-order valence-corrected chi connectivity index (χ0v) is 11.0. The topological polar surface area (TPSA) is 64.3 Å². The zero-order valence-electron chi connectivity index (χ0n) is 10.3. The second-order valence-corrected chi connectivity index (χ2v) is 4.21. The summed E-state index contributed by atoms with van der Waals surface area (Å²) in [5, 5.41) is 3.16. The van der Waals surface area contributed by atoms with Gasteiger partial charge in [-0.25, -0.2) is 4.79 Å². The number of carbonyl (C=O) groups excluding carboxylic acids is 1. The Labute approximate surface area is 111 Å². The minimum atomic E-state index is -0.525. The van der Waals surface area contributed by atoms with Gasteiger partial charge in [-0.2, -0.15) is 0 Å². The van der Waals surface area contributed by atoms with Gasteiger partial charge in [0.05, 0.1) is 18.3 Å². The molecule has 1 amide bonds. The van der Waals surface area contributed by atoms with Gasteiger partial charge >= 0.3 is 6.09 Å². The fourth-order valence-corrected chi connectivity index (χ4v) is 1.40. The van der Waals surface area contributed by atoms with Gasteiger partial charge in [0.15, 0.2) is 0 Å². The summed E-state index contributed by atoms with van der Waals surface area (Å²) in [6, 6.07) is 5.00. The van der Waals surface area contributed by atoms with E-state index in [2.05, 4.69) is 17.2 Å². The quantitative estimate of drug-likeness (QED) is 0.809. The van der Waals surface area contributed by atoms with Crippen LogP contribution in [0.1, 0.15) is 19.4 Å². The van der Waals surface area contributed by atoms with Gasteiger partial charge in [0.25, 0.3) is 0 Å². The van der Waals surface area contributed by atoms with Crippen LogP contribution in [0.25, 0.3) is 0 Å². The van der Waals surface area contributed by atoms with Crippen molar-refractivity contribution in [2.75, 3.05) is 11.9 Å². The van der Waals surface area contributed by atoms with E-state index in [1.54, 1.807) is 32.0 Å². The van der Waals surface area contributed by atoms with E-state index >= 15 is 0 Å². The average Bonchev–Trinajstić information content (AvgIpc) is 2.28. The number of ether oxygens (including phenoxy) is 1. The molecule has 0 fully saturated rings. The molecular formula is C13H15ClN2O2. The summed E-state index contributed by atoms with van der Waals surface area (Å²) < 4.78 is 4.99. The van der Waals surface area contributed by atoms with Crippen molar-refractivity contribution in [3.63, 3.8) is 0 Å². The summed E-state index contributed by atoms with van der Waals surface area (Å²) in [5.74, 6) is 5.56. The molecule has 0 aliphatic carbocycles. The van der Waals surface area contributed by atoms with Crippen LogP contribution in [-0.4, -0.2) is 18.7 Å². The number of anilines is 1. The molecule has 0 saturated heterocycles. The van der Waals surface area contributed by atoms with E-state index < -0.39 is 6.09 Å². The minimum Gasteiger partial charge on any atom is -0.447 e. The molecule has 0 unspecified atom stereocenters. The molecular weight excluding hydrogens is 252 g/mol. The lowest BCUT2D eigenvalue weighted by Crippen LogP contribution is -2.18. The molecule has 18 heavy (non-hydrogen) atoms. The first-order valence-corrected chi connectivity index (χ1v) is 5.87. The third-order valence-electron chi connectivity index (χ3n) is 1.89. The number of halogens is 1. The van der Waals surface area contributed by atoms with Crippen molar-refractivity contribution in [2.24, 2.45) is 5.73 Å². The number of carbonyl (C=O) groups is 1. The van der Waals surface area contributed by atoms with Crippen LogP contribution in [0, 0.1) is 11.8 Å². The van der Waals surface area contributed by atoms with Crippen molar-refractivity contribution in [1.29, 1.82) is 0 Å². The van der Waals surface area contributed by atoms with E-state index in [0.29, 0.717) is 16.3 Å². The Balaban J connectivity index is 2.90. The highest BCUT2D eigenvalue weighted by atomic mass is 35.5. The Kier molecular flexibility index (Phi) is 5.50. The SMILES string of the molecule is CC(C)OC(=O)Nc1ccc(Cl)cc1C#CCN. The summed E-state index contributed by atoms with van der Waals surface area (Å²) in [7, 11) is 0. The summed E-state index contributed by atoms with van der Waals surface area (Å²) in [6.07, 6.45) is -0.709. The smallest absolute Gasteiger partial charge is 0.411 e. The molecule has 0 aliphatic heterocycles. The molecule has 3 N–H and O–H groups in total. The van der Waals surface area contributed by atoms with Gasteiger partial charge in [-0.15, -0.1) is 0 Å². The Morgan fingerprint density at radius 3 is 2.89 bits per heavy atom. The first-order chi connectivity index (χ1) is 8.52. The summed E-state index contributed by atoms with van der Waals surface area (Å²) in [6.45, 7) is 3.79. The molecule has 0 saturated carbocycles. The molecule has 0 atom stereocenters. The number of benzene rings is 1. The molecule has 5 heteroatoms. The van der Waals surface area contributed by atoms with Crippen LogP contribution in [0.15, 0.2) is 18.2 Å². The van der Waals surface area contributed by atoms with Crippen LogP contribution in [0.2, 0.25) is 5.02 Å². The number of amides is 1. The Morgan fingerprint density at radius 2 is 2.28 bits per heavy atom. The molecule has 96 valence electrons. The minimum absolute atomic E-state index is 0.184. The lowest BCUT2D eigenvalue weighted by Gasteiger charge is -2.11. The van der Waals surface area contributed by atoms with E-state index in [9.17, 15) is 4.79 Å². The van der Waals surface area contributed by atoms with Crippen molar-refractivity contribution < 1.29 is 9.53 Å². The molecule has 1 rings (SSSR count). The molecule has 1 aromatic carbocycles. The number of nitrogens with two attached hydrogens (primary N) is 1. The van der Waals surface area contributed by atoms with E-state index in [1.165, 1.54) is 0 Å². The van der Waals surface area contributed by atoms with Crippen LogP contribution in [0.3, 0.4) is 0 Å². The van der Waals surface area contributed by atoms with Gasteiger partial charge in [0, 0.05) is 10.6 Å².